The van der Waals surface area contributed by atoms with Crippen LogP contribution in [-0.4, -0.2) is 36.8 Å². The first kappa shape index (κ1) is 13.3. The summed E-state index contributed by atoms with van der Waals surface area (Å²) in [5.41, 5.74) is 1.07. The van der Waals surface area contributed by atoms with E-state index >= 15 is 0 Å². The summed E-state index contributed by atoms with van der Waals surface area (Å²) in [6, 6.07) is 7.92. The van der Waals surface area contributed by atoms with Crippen LogP contribution in [0.5, 0.6) is 0 Å². The number of nitrogens with zero attached hydrogens (tertiary/aromatic N) is 1. The van der Waals surface area contributed by atoms with Gasteiger partial charge in [-0.05, 0) is 25.0 Å². The second kappa shape index (κ2) is 5.75. The van der Waals surface area contributed by atoms with Crippen LogP contribution in [0, 0.1) is 0 Å². The van der Waals surface area contributed by atoms with E-state index in [0.717, 1.165) is 30.8 Å². The second-order valence-corrected chi connectivity index (χ2v) is 6.17. The molecular weight excluding hydrogens is 274 g/mol. The average Bonchev–Trinajstić information content (AvgIpc) is 3.22. The van der Waals surface area contributed by atoms with Gasteiger partial charge in [-0.15, -0.1) is 11.8 Å². The van der Waals surface area contributed by atoms with Gasteiger partial charge < -0.3 is 10.2 Å². The second-order valence-electron chi connectivity index (χ2n) is 5.03. The normalized spacial score (nSPS) is 17.3. The lowest BCUT2D eigenvalue weighted by Gasteiger charge is -2.30. The molecule has 1 heterocycles. The van der Waals surface area contributed by atoms with Crippen LogP contribution in [0.1, 0.15) is 12.8 Å². The summed E-state index contributed by atoms with van der Waals surface area (Å²) in [7, 11) is 0. The molecule has 0 atom stereocenters. The lowest BCUT2D eigenvalue weighted by Crippen LogP contribution is -2.46. The number of thioether (sulfide) groups is 1. The minimum atomic E-state index is -0.378. The van der Waals surface area contributed by atoms with Crippen molar-refractivity contribution in [2.75, 3.05) is 23.7 Å². The highest BCUT2D eigenvalue weighted by Crippen LogP contribution is 2.33. The van der Waals surface area contributed by atoms with Crippen LogP contribution in [0.3, 0.4) is 0 Å². The minimum absolute atomic E-state index is 0.218. The quantitative estimate of drug-likeness (QED) is 0.888. The van der Waals surface area contributed by atoms with Crippen LogP contribution in [0.15, 0.2) is 29.2 Å². The van der Waals surface area contributed by atoms with Gasteiger partial charge in [-0.3, -0.25) is 10.1 Å². The first-order valence-corrected chi connectivity index (χ1v) is 7.78. The lowest BCUT2D eigenvalue weighted by molar-refractivity contribution is -0.118. The molecule has 2 N–H and O–H groups in total. The van der Waals surface area contributed by atoms with E-state index in [0.29, 0.717) is 0 Å². The number of carbonyl (C=O) groups is 2. The maximum Gasteiger partial charge on any atom is 0.321 e. The summed E-state index contributed by atoms with van der Waals surface area (Å²) in [5, 5.41) is 5.14. The zero-order chi connectivity index (χ0) is 13.9. The van der Waals surface area contributed by atoms with Crippen LogP contribution in [0.2, 0.25) is 0 Å². The van der Waals surface area contributed by atoms with Crippen molar-refractivity contribution in [1.29, 1.82) is 0 Å². The predicted octanol–water partition coefficient (Wildman–Crippen LogP) is 1.59. The zero-order valence-electron chi connectivity index (χ0n) is 11.1. The lowest BCUT2D eigenvalue weighted by atomic mass is 10.2. The Labute approximate surface area is 122 Å². The van der Waals surface area contributed by atoms with Gasteiger partial charge in [-0.25, -0.2) is 4.79 Å². The van der Waals surface area contributed by atoms with Crippen molar-refractivity contribution in [3.63, 3.8) is 0 Å². The van der Waals surface area contributed by atoms with E-state index in [1.165, 1.54) is 4.90 Å². The Kier molecular flexibility index (Phi) is 3.82. The number of carbonyl (C=O) groups excluding carboxylic acids is 2. The van der Waals surface area contributed by atoms with E-state index in [2.05, 4.69) is 16.7 Å². The molecule has 3 amide bonds. The third kappa shape index (κ3) is 3.25. The molecule has 0 saturated heterocycles. The molecule has 1 aromatic rings. The summed E-state index contributed by atoms with van der Waals surface area (Å²) < 4.78 is 0. The van der Waals surface area contributed by atoms with Crippen molar-refractivity contribution in [3.8, 4) is 0 Å². The van der Waals surface area contributed by atoms with E-state index in [-0.39, 0.29) is 24.5 Å². The summed E-state index contributed by atoms with van der Waals surface area (Å²) in [4.78, 5) is 26.6. The molecule has 1 fully saturated rings. The number of benzene rings is 1. The van der Waals surface area contributed by atoms with Crippen molar-refractivity contribution in [2.24, 2.45) is 0 Å². The molecular formula is C14H17N3O2S. The molecule has 1 saturated carbocycles. The van der Waals surface area contributed by atoms with Gasteiger partial charge in [0, 0.05) is 23.2 Å². The van der Waals surface area contributed by atoms with E-state index in [1.807, 2.05) is 23.1 Å². The number of nitrogens with one attached hydrogen (secondary N) is 2. The molecule has 0 bridgehead atoms. The number of rotatable bonds is 3. The molecule has 6 heteroatoms. The van der Waals surface area contributed by atoms with Crippen LogP contribution in [0.25, 0.3) is 0 Å². The van der Waals surface area contributed by atoms with Gasteiger partial charge in [-0.1, -0.05) is 12.1 Å². The number of anilines is 1. The molecule has 5 nitrogen and oxygen atoms in total. The average molecular weight is 291 g/mol. The SMILES string of the molecule is O=C(CN1CCSc2ccccc21)NC(=O)NC1CC1. The number of fused-ring (bicyclic) bond motifs is 1. The number of para-hydroxylation sites is 1. The maximum absolute atomic E-state index is 11.9. The molecule has 0 unspecified atom stereocenters. The first-order chi connectivity index (χ1) is 9.72. The predicted molar refractivity (Wildman–Crippen MR) is 79.1 cm³/mol. The minimum Gasteiger partial charge on any atom is -0.360 e. The van der Waals surface area contributed by atoms with E-state index in [9.17, 15) is 9.59 Å². The molecule has 3 rings (SSSR count). The number of hydrogen-bond donors (Lipinski definition) is 2. The topological polar surface area (TPSA) is 61.4 Å². The Morgan fingerprint density at radius 3 is 2.90 bits per heavy atom. The molecule has 0 spiro atoms. The van der Waals surface area contributed by atoms with Gasteiger partial charge in [0.2, 0.25) is 5.91 Å². The van der Waals surface area contributed by atoms with Crippen LogP contribution < -0.4 is 15.5 Å². The van der Waals surface area contributed by atoms with E-state index in [4.69, 9.17) is 0 Å². The fourth-order valence-corrected chi connectivity index (χ4v) is 3.23. The first-order valence-electron chi connectivity index (χ1n) is 6.79. The summed E-state index contributed by atoms with van der Waals surface area (Å²) in [6.07, 6.45) is 2.02. The number of imide groups is 1. The summed E-state index contributed by atoms with van der Waals surface area (Å²) in [6.45, 7) is 1.04. The molecule has 1 aliphatic heterocycles. The maximum atomic E-state index is 11.9. The molecule has 1 aromatic carbocycles. The highest BCUT2D eigenvalue weighted by Gasteiger charge is 2.25. The highest BCUT2D eigenvalue weighted by molar-refractivity contribution is 7.99. The van der Waals surface area contributed by atoms with Gasteiger partial charge >= 0.3 is 6.03 Å². The third-order valence-electron chi connectivity index (χ3n) is 3.32. The number of amides is 3. The van der Waals surface area contributed by atoms with Gasteiger partial charge in [-0.2, -0.15) is 0 Å². The highest BCUT2D eigenvalue weighted by atomic mass is 32.2. The van der Waals surface area contributed by atoms with Gasteiger partial charge in [0.25, 0.3) is 0 Å². The van der Waals surface area contributed by atoms with Crippen molar-refractivity contribution >= 4 is 29.4 Å². The Balaban J connectivity index is 1.57. The summed E-state index contributed by atoms with van der Waals surface area (Å²) >= 11 is 1.80. The van der Waals surface area contributed by atoms with Crippen molar-refractivity contribution in [2.45, 2.75) is 23.8 Å². The number of urea groups is 1. The van der Waals surface area contributed by atoms with Crippen molar-refractivity contribution in [1.82, 2.24) is 10.6 Å². The van der Waals surface area contributed by atoms with Gasteiger partial charge in [0.05, 0.1) is 12.2 Å². The van der Waals surface area contributed by atoms with E-state index in [1.54, 1.807) is 11.8 Å². The fraction of sp³-hybridized carbons (Fsp3) is 0.429. The standard InChI is InChI=1S/C14H17N3O2S/c18-13(16-14(19)15-10-5-6-10)9-17-7-8-20-12-4-2-1-3-11(12)17/h1-4,10H,5-9H2,(H2,15,16,18,19). The molecule has 20 heavy (non-hydrogen) atoms. The van der Waals surface area contributed by atoms with E-state index < -0.39 is 0 Å². The largest absolute Gasteiger partial charge is 0.360 e. The molecule has 106 valence electrons. The Bertz CT molecular complexity index is 531. The Morgan fingerprint density at radius 1 is 1.30 bits per heavy atom. The molecule has 0 aromatic heterocycles. The van der Waals surface area contributed by atoms with Gasteiger partial charge in [0.1, 0.15) is 0 Å². The van der Waals surface area contributed by atoms with Crippen molar-refractivity contribution in [3.05, 3.63) is 24.3 Å². The molecule has 0 radical (unpaired) electrons. The Hall–Kier alpha value is -1.69. The Morgan fingerprint density at radius 2 is 2.10 bits per heavy atom. The van der Waals surface area contributed by atoms with Gasteiger partial charge in [0.15, 0.2) is 0 Å². The smallest absolute Gasteiger partial charge is 0.321 e. The zero-order valence-corrected chi connectivity index (χ0v) is 11.9. The van der Waals surface area contributed by atoms with Crippen LogP contribution in [-0.2, 0) is 4.79 Å². The fourth-order valence-electron chi connectivity index (χ4n) is 2.18. The van der Waals surface area contributed by atoms with Crippen LogP contribution >= 0.6 is 11.8 Å². The number of hydrogen-bond acceptors (Lipinski definition) is 4. The van der Waals surface area contributed by atoms with Crippen LogP contribution in [0.4, 0.5) is 10.5 Å². The third-order valence-corrected chi connectivity index (χ3v) is 4.37. The molecule has 1 aliphatic carbocycles. The monoisotopic (exact) mass is 291 g/mol. The molecule has 2 aliphatic rings. The summed E-state index contributed by atoms with van der Waals surface area (Å²) in [5.74, 6) is 0.698. The van der Waals surface area contributed by atoms with Crippen molar-refractivity contribution < 1.29 is 9.59 Å².